The van der Waals surface area contributed by atoms with Crippen LogP contribution in [-0.4, -0.2) is 46.0 Å². The summed E-state index contributed by atoms with van der Waals surface area (Å²) in [5, 5.41) is 4.82. The van der Waals surface area contributed by atoms with Crippen LogP contribution in [0.15, 0.2) is 36.7 Å². The Morgan fingerprint density at radius 2 is 1.77 bits per heavy atom. The second-order valence-electron chi connectivity index (χ2n) is 8.13. The number of hydrogen-bond acceptors (Lipinski definition) is 6. The average Bonchev–Trinajstić information content (AvgIpc) is 3.21. The molecule has 0 bridgehead atoms. The normalized spacial score (nSPS) is 13.8. The van der Waals surface area contributed by atoms with Gasteiger partial charge >= 0.3 is 0 Å². The van der Waals surface area contributed by atoms with Crippen LogP contribution in [-0.2, 0) is 12.8 Å². The molecule has 3 heterocycles. The summed E-state index contributed by atoms with van der Waals surface area (Å²) in [6.45, 7) is 8.43. The van der Waals surface area contributed by atoms with E-state index >= 15 is 0 Å². The van der Waals surface area contributed by atoms with Crippen molar-refractivity contribution in [2.24, 2.45) is 0 Å². The summed E-state index contributed by atoms with van der Waals surface area (Å²) >= 11 is 1.73. The molecule has 0 radical (unpaired) electrons. The molecule has 6 heteroatoms. The van der Waals surface area contributed by atoms with Crippen LogP contribution in [0.4, 0.5) is 5.82 Å². The topological polar surface area (TPSA) is 53.9 Å². The molecule has 1 aliphatic carbocycles. The van der Waals surface area contributed by atoms with Gasteiger partial charge in [0.25, 0.3) is 0 Å². The smallest absolute Gasteiger partial charge is 0.147 e. The summed E-state index contributed by atoms with van der Waals surface area (Å²) in [6, 6.07) is 10.6. The number of likely N-dealkylation sites (N-methyl/N-ethyl adjacent to an activating group) is 1. The van der Waals surface area contributed by atoms with Crippen LogP contribution in [0.1, 0.15) is 37.8 Å². The van der Waals surface area contributed by atoms with Crippen molar-refractivity contribution in [2.75, 3.05) is 31.5 Å². The fraction of sp³-hybridized carbons (Fsp3) is 0.400. The zero-order chi connectivity index (χ0) is 21.2. The van der Waals surface area contributed by atoms with Crippen molar-refractivity contribution in [1.82, 2.24) is 19.9 Å². The number of nitrogens with zero attached hydrogens (tertiary/aromatic N) is 4. The van der Waals surface area contributed by atoms with Gasteiger partial charge in [-0.2, -0.15) is 0 Å². The minimum atomic E-state index is 0.878. The fourth-order valence-corrected chi connectivity index (χ4v) is 5.82. The second-order valence-corrected chi connectivity index (χ2v) is 9.13. The van der Waals surface area contributed by atoms with Gasteiger partial charge in [0.15, 0.2) is 0 Å². The van der Waals surface area contributed by atoms with Crippen molar-refractivity contribution >= 4 is 37.6 Å². The number of nitrogens with one attached hydrogen (secondary N) is 1. The SMILES string of the molecule is CCN(CC)CCNc1ncnc2c1sc1nc(-c3ccccc3)c3c(c12)CCCC3. The Morgan fingerprint density at radius 1 is 1.00 bits per heavy atom. The van der Waals surface area contributed by atoms with Gasteiger partial charge in [-0.25, -0.2) is 15.0 Å². The van der Waals surface area contributed by atoms with Gasteiger partial charge in [-0.05, 0) is 49.9 Å². The van der Waals surface area contributed by atoms with Gasteiger partial charge < -0.3 is 10.2 Å². The number of fused-ring (bicyclic) bond motifs is 5. The predicted octanol–water partition coefficient (Wildman–Crippen LogP) is 5.54. The van der Waals surface area contributed by atoms with Crippen molar-refractivity contribution < 1.29 is 0 Å². The standard InChI is InChI=1S/C25H29N5S/c1-3-30(4-2)15-14-26-24-23-22(27-16-28-24)20-18-12-8-9-13-19(18)21(29-25(20)31-23)17-10-6-5-7-11-17/h5-7,10-11,16H,3-4,8-9,12-15H2,1-2H3,(H,26,27,28). The maximum atomic E-state index is 5.19. The number of rotatable bonds is 7. The predicted molar refractivity (Wildman–Crippen MR) is 131 cm³/mol. The van der Waals surface area contributed by atoms with E-state index in [1.165, 1.54) is 34.9 Å². The highest BCUT2D eigenvalue weighted by atomic mass is 32.1. The average molecular weight is 432 g/mol. The Balaban J connectivity index is 1.61. The monoisotopic (exact) mass is 431 g/mol. The highest BCUT2D eigenvalue weighted by Gasteiger charge is 2.23. The number of thiophene rings is 1. The molecule has 0 saturated carbocycles. The van der Waals surface area contributed by atoms with Gasteiger partial charge in [-0.3, -0.25) is 0 Å². The molecule has 4 aromatic rings. The largest absolute Gasteiger partial charge is 0.367 e. The molecule has 1 aliphatic rings. The molecular weight excluding hydrogens is 402 g/mol. The summed E-state index contributed by atoms with van der Waals surface area (Å²) in [4.78, 5) is 18.0. The molecule has 0 atom stereocenters. The van der Waals surface area contributed by atoms with Crippen LogP contribution >= 0.6 is 11.3 Å². The van der Waals surface area contributed by atoms with Crippen molar-refractivity contribution in [3.8, 4) is 11.3 Å². The lowest BCUT2D eigenvalue weighted by molar-refractivity contribution is 0.316. The summed E-state index contributed by atoms with van der Waals surface area (Å²) in [6.07, 6.45) is 6.37. The van der Waals surface area contributed by atoms with Gasteiger partial charge in [0.05, 0.1) is 15.9 Å². The molecule has 0 unspecified atom stereocenters. The number of anilines is 1. The van der Waals surface area contributed by atoms with Crippen LogP contribution < -0.4 is 5.32 Å². The Morgan fingerprint density at radius 3 is 2.55 bits per heavy atom. The van der Waals surface area contributed by atoms with E-state index in [9.17, 15) is 0 Å². The minimum absolute atomic E-state index is 0.878. The summed E-state index contributed by atoms with van der Waals surface area (Å²) in [5.74, 6) is 0.936. The zero-order valence-corrected chi connectivity index (χ0v) is 19.1. The van der Waals surface area contributed by atoms with Crippen molar-refractivity contribution in [3.05, 3.63) is 47.8 Å². The van der Waals surface area contributed by atoms with E-state index in [2.05, 4.69) is 59.4 Å². The van der Waals surface area contributed by atoms with Gasteiger partial charge in [0, 0.05) is 24.0 Å². The van der Waals surface area contributed by atoms with E-state index in [1.54, 1.807) is 17.7 Å². The van der Waals surface area contributed by atoms with Gasteiger partial charge in [0.2, 0.25) is 0 Å². The van der Waals surface area contributed by atoms with E-state index in [0.717, 1.165) is 65.6 Å². The lowest BCUT2D eigenvalue weighted by atomic mass is 9.87. The van der Waals surface area contributed by atoms with E-state index in [0.29, 0.717) is 0 Å². The van der Waals surface area contributed by atoms with E-state index in [1.807, 2.05) is 0 Å². The lowest BCUT2D eigenvalue weighted by Crippen LogP contribution is -2.28. The molecule has 3 aromatic heterocycles. The van der Waals surface area contributed by atoms with Crippen LogP contribution in [0.5, 0.6) is 0 Å². The third-order valence-electron chi connectivity index (χ3n) is 6.38. The first-order chi connectivity index (χ1) is 15.3. The Bertz CT molecular complexity index is 1200. The molecule has 0 saturated heterocycles. The molecular formula is C25H29N5S. The first kappa shape index (κ1) is 20.3. The lowest BCUT2D eigenvalue weighted by Gasteiger charge is -2.20. The summed E-state index contributed by atoms with van der Waals surface area (Å²) in [5.41, 5.74) is 6.29. The third-order valence-corrected chi connectivity index (χ3v) is 7.46. The second kappa shape index (κ2) is 8.89. The fourth-order valence-electron chi connectivity index (χ4n) is 4.69. The van der Waals surface area contributed by atoms with E-state index in [4.69, 9.17) is 9.97 Å². The molecule has 160 valence electrons. The van der Waals surface area contributed by atoms with Crippen molar-refractivity contribution in [3.63, 3.8) is 0 Å². The zero-order valence-electron chi connectivity index (χ0n) is 18.3. The quantitative estimate of drug-likeness (QED) is 0.416. The maximum absolute atomic E-state index is 5.19. The van der Waals surface area contributed by atoms with Crippen LogP contribution in [0.25, 0.3) is 31.7 Å². The number of pyridine rings is 1. The molecule has 0 spiro atoms. The molecule has 5 rings (SSSR count). The Labute approximate surface area is 187 Å². The number of aryl methyl sites for hydroxylation is 1. The summed E-state index contributed by atoms with van der Waals surface area (Å²) < 4.78 is 1.13. The first-order valence-electron chi connectivity index (χ1n) is 11.4. The number of benzene rings is 1. The highest BCUT2D eigenvalue weighted by Crippen LogP contribution is 2.42. The molecule has 0 amide bonds. The van der Waals surface area contributed by atoms with Crippen LogP contribution in [0.2, 0.25) is 0 Å². The number of hydrogen-bond donors (Lipinski definition) is 1. The number of aromatic nitrogens is 3. The van der Waals surface area contributed by atoms with Crippen LogP contribution in [0, 0.1) is 0 Å². The first-order valence-corrected chi connectivity index (χ1v) is 12.2. The van der Waals surface area contributed by atoms with Crippen LogP contribution in [0.3, 0.4) is 0 Å². The Hall–Kier alpha value is -2.57. The van der Waals surface area contributed by atoms with E-state index < -0.39 is 0 Å². The summed E-state index contributed by atoms with van der Waals surface area (Å²) in [7, 11) is 0. The molecule has 5 nitrogen and oxygen atoms in total. The molecule has 1 N–H and O–H groups in total. The van der Waals surface area contributed by atoms with E-state index in [-0.39, 0.29) is 0 Å². The van der Waals surface area contributed by atoms with Crippen molar-refractivity contribution in [1.29, 1.82) is 0 Å². The molecule has 0 aliphatic heterocycles. The van der Waals surface area contributed by atoms with Crippen molar-refractivity contribution in [2.45, 2.75) is 39.5 Å². The van der Waals surface area contributed by atoms with Gasteiger partial charge in [0.1, 0.15) is 17.0 Å². The maximum Gasteiger partial charge on any atom is 0.147 e. The minimum Gasteiger partial charge on any atom is -0.367 e. The third kappa shape index (κ3) is 3.79. The molecule has 0 fully saturated rings. The molecule has 31 heavy (non-hydrogen) atoms. The van der Waals surface area contributed by atoms with Gasteiger partial charge in [-0.15, -0.1) is 11.3 Å². The highest BCUT2D eigenvalue weighted by molar-refractivity contribution is 7.26. The Kier molecular flexibility index (Phi) is 5.83. The molecule has 1 aromatic carbocycles. The van der Waals surface area contributed by atoms with Gasteiger partial charge in [-0.1, -0.05) is 44.2 Å².